The first-order chi connectivity index (χ1) is 7.86. The van der Waals surface area contributed by atoms with Gasteiger partial charge in [-0.25, -0.2) is 4.68 Å². The monoisotopic (exact) mass is 249 g/mol. The van der Waals surface area contributed by atoms with Gasteiger partial charge in [0, 0.05) is 33.1 Å². The second-order valence-corrected chi connectivity index (χ2v) is 3.81. The van der Waals surface area contributed by atoms with Gasteiger partial charge < -0.3 is 9.69 Å². The Morgan fingerprint density at radius 3 is 2.59 bits per heavy atom. The number of carbonyl (C=O) groups is 1. The van der Waals surface area contributed by atoms with Gasteiger partial charge >= 0.3 is 6.18 Å². The van der Waals surface area contributed by atoms with Crippen LogP contribution < -0.4 is 4.90 Å². The number of aryl methyl sites for hydroxylation is 1. The summed E-state index contributed by atoms with van der Waals surface area (Å²) in [6.07, 6.45) is -2.92. The molecule has 1 heterocycles. The van der Waals surface area contributed by atoms with E-state index in [0.29, 0.717) is 25.2 Å². The smallest absolute Gasteiger partial charge is 0.363 e. The van der Waals surface area contributed by atoms with Gasteiger partial charge in [0.25, 0.3) is 0 Å². The van der Waals surface area contributed by atoms with Gasteiger partial charge in [-0.1, -0.05) is 0 Å². The predicted octanol–water partition coefficient (Wildman–Crippen LogP) is 1.95. The van der Waals surface area contributed by atoms with Gasteiger partial charge in [-0.15, -0.1) is 0 Å². The molecule has 0 N–H and O–H groups in total. The Kier molecular flexibility index (Phi) is 4.14. The third-order valence-electron chi connectivity index (χ3n) is 2.20. The van der Waals surface area contributed by atoms with Crippen LogP contribution in [0.5, 0.6) is 0 Å². The van der Waals surface area contributed by atoms with Gasteiger partial charge in [-0.2, -0.15) is 18.3 Å². The Balaban J connectivity index is 2.93. The lowest BCUT2D eigenvalue weighted by Crippen LogP contribution is -2.15. The maximum Gasteiger partial charge on any atom is 0.435 e. The van der Waals surface area contributed by atoms with E-state index in [0.717, 1.165) is 12.4 Å². The van der Waals surface area contributed by atoms with E-state index in [1.807, 2.05) is 0 Å². The molecule has 4 nitrogen and oxygen atoms in total. The number of nitrogens with zero attached hydrogens (tertiary/aromatic N) is 3. The van der Waals surface area contributed by atoms with Crippen LogP contribution in [0, 0.1) is 0 Å². The maximum atomic E-state index is 12.5. The molecular weight excluding hydrogens is 235 g/mol. The van der Waals surface area contributed by atoms with Crippen molar-refractivity contribution in [2.45, 2.75) is 25.6 Å². The molecule has 96 valence electrons. The largest absolute Gasteiger partial charge is 0.435 e. The molecule has 0 spiro atoms. The molecule has 0 bridgehead atoms. The molecule has 1 aromatic rings. The summed E-state index contributed by atoms with van der Waals surface area (Å²) in [4.78, 5) is 11.7. The minimum atomic E-state index is -4.44. The van der Waals surface area contributed by atoms with E-state index in [4.69, 9.17) is 0 Å². The van der Waals surface area contributed by atoms with Gasteiger partial charge in [0.2, 0.25) is 0 Å². The summed E-state index contributed by atoms with van der Waals surface area (Å²) in [6.45, 7) is 0.294. The summed E-state index contributed by atoms with van der Waals surface area (Å²) in [7, 11) is 3.29. The van der Waals surface area contributed by atoms with Crippen molar-refractivity contribution in [3.63, 3.8) is 0 Å². The zero-order chi connectivity index (χ0) is 13.1. The van der Waals surface area contributed by atoms with E-state index in [2.05, 4.69) is 5.10 Å². The van der Waals surface area contributed by atoms with E-state index in [9.17, 15) is 18.0 Å². The number of hydrogen-bond acceptors (Lipinski definition) is 3. The molecule has 1 aromatic heterocycles. The lowest BCUT2D eigenvalue weighted by molar-refractivity contribution is -0.141. The number of aromatic nitrogens is 2. The van der Waals surface area contributed by atoms with Gasteiger partial charge in [0.05, 0.1) is 0 Å². The summed E-state index contributed by atoms with van der Waals surface area (Å²) in [6, 6.07) is 1.00. The zero-order valence-electron chi connectivity index (χ0n) is 9.66. The molecule has 0 aliphatic heterocycles. The van der Waals surface area contributed by atoms with E-state index < -0.39 is 11.9 Å². The average molecular weight is 249 g/mol. The van der Waals surface area contributed by atoms with Crippen molar-refractivity contribution in [3.05, 3.63) is 11.8 Å². The first-order valence-electron chi connectivity index (χ1n) is 5.12. The van der Waals surface area contributed by atoms with Crippen molar-refractivity contribution in [2.75, 3.05) is 19.0 Å². The van der Waals surface area contributed by atoms with Crippen molar-refractivity contribution >= 4 is 12.1 Å². The third-order valence-corrected chi connectivity index (χ3v) is 2.20. The molecule has 0 aliphatic carbocycles. The van der Waals surface area contributed by atoms with Crippen molar-refractivity contribution < 1.29 is 18.0 Å². The highest BCUT2D eigenvalue weighted by Crippen LogP contribution is 2.30. The van der Waals surface area contributed by atoms with Gasteiger partial charge in [0.1, 0.15) is 12.1 Å². The van der Waals surface area contributed by atoms with Crippen molar-refractivity contribution in [2.24, 2.45) is 0 Å². The van der Waals surface area contributed by atoms with Crippen molar-refractivity contribution in [1.29, 1.82) is 0 Å². The first kappa shape index (κ1) is 13.5. The maximum absolute atomic E-state index is 12.5. The van der Waals surface area contributed by atoms with Crippen LogP contribution in [0.4, 0.5) is 19.0 Å². The molecule has 0 saturated heterocycles. The van der Waals surface area contributed by atoms with E-state index in [1.54, 1.807) is 19.0 Å². The second kappa shape index (κ2) is 5.20. The highest BCUT2D eigenvalue weighted by Gasteiger charge is 2.35. The number of carbonyl (C=O) groups excluding carboxylic acids is 1. The molecule has 0 aliphatic rings. The molecule has 0 saturated carbocycles. The van der Waals surface area contributed by atoms with E-state index in [1.165, 1.54) is 4.68 Å². The lowest BCUT2D eigenvalue weighted by Gasteiger charge is -2.13. The molecule has 7 heteroatoms. The number of alkyl halides is 3. The molecule has 17 heavy (non-hydrogen) atoms. The summed E-state index contributed by atoms with van der Waals surface area (Å²) >= 11 is 0. The first-order valence-corrected chi connectivity index (χ1v) is 5.12. The normalized spacial score (nSPS) is 11.6. The van der Waals surface area contributed by atoms with Crippen LogP contribution in [0.2, 0.25) is 0 Å². The summed E-state index contributed by atoms with van der Waals surface area (Å²) in [5.74, 6) is 0.378. The summed E-state index contributed by atoms with van der Waals surface area (Å²) < 4.78 is 38.7. The molecule has 0 unspecified atom stereocenters. The number of unbranched alkanes of at least 4 members (excludes halogenated alkanes) is 1. The van der Waals surface area contributed by atoms with Crippen LogP contribution in [0.3, 0.4) is 0 Å². The fourth-order valence-corrected chi connectivity index (χ4v) is 1.39. The molecule has 0 aromatic carbocycles. The number of aldehydes is 1. The Morgan fingerprint density at radius 1 is 1.47 bits per heavy atom. The van der Waals surface area contributed by atoms with Crippen LogP contribution in [0.1, 0.15) is 18.5 Å². The molecule has 0 atom stereocenters. The lowest BCUT2D eigenvalue weighted by atomic mass is 10.3. The average Bonchev–Trinajstić information content (AvgIpc) is 2.61. The number of halogens is 3. The van der Waals surface area contributed by atoms with Crippen molar-refractivity contribution in [1.82, 2.24) is 9.78 Å². The highest BCUT2D eigenvalue weighted by atomic mass is 19.4. The highest BCUT2D eigenvalue weighted by molar-refractivity contribution is 5.49. The quantitative estimate of drug-likeness (QED) is 0.591. The second-order valence-electron chi connectivity index (χ2n) is 3.81. The third kappa shape index (κ3) is 3.47. The zero-order valence-corrected chi connectivity index (χ0v) is 9.66. The standard InChI is InChI=1S/C10H14F3N3O/c1-15(2)9-7-8(10(11,12)13)14-16(9)5-3-4-6-17/h6-7H,3-5H2,1-2H3. The van der Waals surface area contributed by atoms with Crippen LogP contribution in [-0.4, -0.2) is 30.2 Å². The van der Waals surface area contributed by atoms with Gasteiger partial charge in [-0.3, -0.25) is 0 Å². The van der Waals surface area contributed by atoms with E-state index >= 15 is 0 Å². The molecule has 0 amide bonds. The predicted molar refractivity (Wildman–Crippen MR) is 56.9 cm³/mol. The number of anilines is 1. The Labute approximate surface area is 97.0 Å². The fourth-order valence-electron chi connectivity index (χ4n) is 1.39. The number of rotatable bonds is 5. The summed E-state index contributed by atoms with van der Waals surface area (Å²) in [5, 5.41) is 3.51. The topological polar surface area (TPSA) is 38.1 Å². The van der Waals surface area contributed by atoms with E-state index in [-0.39, 0.29) is 0 Å². The van der Waals surface area contributed by atoms with Crippen LogP contribution >= 0.6 is 0 Å². The van der Waals surface area contributed by atoms with Crippen LogP contribution in [0.15, 0.2) is 6.07 Å². The SMILES string of the molecule is CN(C)c1cc(C(F)(F)F)nn1CCCC=O. The minimum absolute atomic E-state index is 0.294. The van der Waals surface area contributed by atoms with Gasteiger partial charge in [-0.05, 0) is 6.42 Å². The molecular formula is C10H14F3N3O. The fraction of sp³-hybridized carbons (Fsp3) is 0.600. The summed E-state index contributed by atoms with van der Waals surface area (Å²) in [5.41, 5.74) is -0.910. The Morgan fingerprint density at radius 2 is 2.12 bits per heavy atom. The Hall–Kier alpha value is -1.53. The molecule has 1 rings (SSSR count). The Bertz CT molecular complexity index is 385. The molecule has 0 fully saturated rings. The molecule has 0 radical (unpaired) electrons. The minimum Gasteiger partial charge on any atom is -0.363 e. The van der Waals surface area contributed by atoms with Gasteiger partial charge in [0.15, 0.2) is 5.69 Å². The van der Waals surface area contributed by atoms with Crippen LogP contribution in [0.25, 0.3) is 0 Å². The number of hydrogen-bond donors (Lipinski definition) is 0. The van der Waals surface area contributed by atoms with Crippen LogP contribution in [-0.2, 0) is 17.5 Å². The van der Waals surface area contributed by atoms with Crippen molar-refractivity contribution in [3.8, 4) is 0 Å².